The first-order valence-corrected chi connectivity index (χ1v) is 13.0. The van der Waals surface area contributed by atoms with Crippen LogP contribution in [0.2, 0.25) is 15.1 Å². The van der Waals surface area contributed by atoms with Gasteiger partial charge in [0.15, 0.2) is 0 Å². The van der Waals surface area contributed by atoms with Crippen molar-refractivity contribution in [2.45, 2.75) is 17.2 Å². The monoisotopic (exact) mass is 615 g/mol. The summed E-state index contributed by atoms with van der Waals surface area (Å²) in [7, 11) is 0. The van der Waals surface area contributed by atoms with E-state index in [2.05, 4.69) is 16.0 Å². The Bertz CT molecular complexity index is 1430. The number of halogens is 6. The van der Waals surface area contributed by atoms with E-state index in [4.69, 9.17) is 58.0 Å². The van der Waals surface area contributed by atoms with Crippen LogP contribution < -0.4 is 16.0 Å². The Morgan fingerprint density at radius 2 is 1.61 bits per heavy atom. The molecule has 1 saturated carbocycles. The predicted octanol–water partition coefficient (Wildman–Crippen LogP) is 7.57. The quantitative estimate of drug-likeness (QED) is 0.180. The normalized spacial score (nSPS) is 19.4. The van der Waals surface area contributed by atoms with Gasteiger partial charge in [0, 0.05) is 40.8 Å². The number of hydrogen-bond donors (Lipinski definition) is 3. The first kappa shape index (κ1) is 28.5. The molecule has 2 amide bonds. The molecule has 6 nitrogen and oxygen atoms in total. The Kier molecular flexibility index (Phi) is 8.17. The van der Waals surface area contributed by atoms with Gasteiger partial charge in [-0.15, -0.1) is 0 Å². The smallest absolute Gasteiger partial charge is 0.257 e. The fraction of sp³-hybridized carbons (Fsp3) is 0.192. The van der Waals surface area contributed by atoms with Crippen molar-refractivity contribution in [1.82, 2.24) is 0 Å². The standard InChI is InChI=1S/C26H19Cl5FN3O3/c1-13(37)34-18-3-5-22(21(32)10-18)35-24(38)19-9-17(2-4-20(19)29)33-11-25(12-36)23(26(25,30)31)14-6-15(27)8-16(28)7-14/h2-10,12,23,33H,11H2,1H3,(H,34,37)(H,35,38). The number of amides is 2. The van der Waals surface area contributed by atoms with E-state index in [0.29, 0.717) is 27.6 Å². The van der Waals surface area contributed by atoms with Crippen LogP contribution in [-0.2, 0) is 9.59 Å². The number of carbonyl (C=O) groups is 3. The molecule has 1 aliphatic rings. The molecule has 3 aromatic rings. The second-order valence-corrected chi connectivity index (χ2v) is 11.5. The van der Waals surface area contributed by atoms with E-state index < -0.39 is 27.4 Å². The third-order valence-electron chi connectivity index (χ3n) is 6.18. The minimum Gasteiger partial charge on any atom is -0.384 e. The summed E-state index contributed by atoms with van der Waals surface area (Å²) in [6.45, 7) is 1.32. The van der Waals surface area contributed by atoms with Crippen molar-refractivity contribution in [2.24, 2.45) is 5.41 Å². The maximum absolute atomic E-state index is 14.5. The van der Waals surface area contributed by atoms with Crippen molar-refractivity contribution < 1.29 is 18.8 Å². The van der Waals surface area contributed by atoms with Crippen molar-refractivity contribution in [1.29, 1.82) is 0 Å². The van der Waals surface area contributed by atoms with Gasteiger partial charge in [-0.1, -0.05) is 58.0 Å². The van der Waals surface area contributed by atoms with Gasteiger partial charge in [0.25, 0.3) is 5.91 Å². The number of anilines is 3. The van der Waals surface area contributed by atoms with Crippen LogP contribution in [0.15, 0.2) is 54.6 Å². The number of hydrogen-bond acceptors (Lipinski definition) is 4. The van der Waals surface area contributed by atoms with Crippen LogP contribution in [0, 0.1) is 11.2 Å². The molecule has 2 unspecified atom stereocenters. The summed E-state index contributed by atoms with van der Waals surface area (Å²) in [6.07, 6.45) is 0.691. The van der Waals surface area contributed by atoms with Gasteiger partial charge in [0.2, 0.25) is 5.91 Å². The maximum Gasteiger partial charge on any atom is 0.257 e. The summed E-state index contributed by atoms with van der Waals surface area (Å²) in [4.78, 5) is 36.3. The van der Waals surface area contributed by atoms with Crippen LogP contribution in [0.3, 0.4) is 0 Å². The third kappa shape index (κ3) is 5.58. The maximum atomic E-state index is 14.5. The molecule has 3 N–H and O–H groups in total. The second-order valence-electron chi connectivity index (χ2n) is 8.80. The third-order valence-corrected chi connectivity index (χ3v) is 8.08. The fourth-order valence-corrected chi connectivity index (χ4v) is 6.00. The van der Waals surface area contributed by atoms with Crippen molar-refractivity contribution in [2.75, 3.05) is 22.5 Å². The minimum atomic E-state index is -1.43. The molecular formula is C26H19Cl5FN3O3. The average molecular weight is 618 g/mol. The molecular weight excluding hydrogens is 599 g/mol. The van der Waals surface area contributed by atoms with Gasteiger partial charge in [0.1, 0.15) is 16.4 Å². The SMILES string of the molecule is CC(=O)Nc1ccc(NC(=O)c2cc(NCC3(C=O)C(c4cc(Cl)cc(Cl)c4)C3(Cl)Cl)ccc2Cl)c(F)c1. The van der Waals surface area contributed by atoms with Crippen LogP contribution in [0.25, 0.3) is 0 Å². The van der Waals surface area contributed by atoms with Crippen LogP contribution in [0.4, 0.5) is 21.5 Å². The zero-order valence-electron chi connectivity index (χ0n) is 19.6. The fourth-order valence-electron chi connectivity index (χ4n) is 4.28. The molecule has 1 aliphatic carbocycles. The lowest BCUT2D eigenvalue weighted by Gasteiger charge is -2.15. The molecule has 1 fully saturated rings. The Labute approximate surface area is 242 Å². The number of carbonyl (C=O) groups excluding carboxylic acids is 3. The van der Waals surface area contributed by atoms with Gasteiger partial charge in [-0.25, -0.2) is 4.39 Å². The summed E-state index contributed by atoms with van der Waals surface area (Å²) < 4.78 is 13.0. The summed E-state index contributed by atoms with van der Waals surface area (Å²) >= 11 is 31.6. The van der Waals surface area contributed by atoms with Crippen LogP contribution in [-0.4, -0.2) is 29.0 Å². The van der Waals surface area contributed by atoms with Crippen molar-refractivity contribution in [3.05, 3.63) is 86.6 Å². The van der Waals surface area contributed by atoms with Gasteiger partial charge >= 0.3 is 0 Å². The number of rotatable bonds is 8. The highest BCUT2D eigenvalue weighted by Gasteiger charge is 2.76. The number of benzene rings is 3. The summed E-state index contributed by atoms with van der Waals surface area (Å²) in [6, 6.07) is 13.3. The van der Waals surface area contributed by atoms with E-state index >= 15 is 0 Å². The number of aldehydes is 1. The zero-order chi connectivity index (χ0) is 27.8. The summed E-state index contributed by atoms with van der Waals surface area (Å²) in [5.74, 6) is -2.36. The first-order valence-electron chi connectivity index (χ1n) is 11.1. The van der Waals surface area contributed by atoms with Crippen molar-refractivity contribution in [3.8, 4) is 0 Å². The Morgan fingerprint density at radius 1 is 0.947 bits per heavy atom. The Hall–Kier alpha value is -2.55. The molecule has 0 radical (unpaired) electrons. The molecule has 0 aromatic heterocycles. The van der Waals surface area contributed by atoms with E-state index in [9.17, 15) is 18.8 Å². The van der Waals surface area contributed by atoms with Crippen LogP contribution >= 0.6 is 58.0 Å². The highest BCUT2D eigenvalue weighted by molar-refractivity contribution is 6.54. The highest BCUT2D eigenvalue weighted by Crippen LogP contribution is 2.73. The van der Waals surface area contributed by atoms with E-state index in [1.165, 1.54) is 31.2 Å². The molecule has 3 aromatic carbocycles. The first-order chi connectivity index (χ1) is 17.9. The Morgan fingerprint density at radius 3 is 2.21 bits per heavy atom. The molecule has 12 heteroatoms. The van der Waals surface area contributed by atoms with Gasteiger partial charge in [0.05, 0.1) is 21.7 Å². The lowest BCUT2D eigenvalue weighted by Crippen LogP contribution is -2.23. The molecule has 4 rings (SSSR count). The number of alkyl halides is 2. The Balaban J connectivity index is 1.51. The van der Waals surface area contributed by atoms with Gasteiger partial charge < -0.3 is 20.7 Å². The van der Waals surface area contributed by atoms with E-state index in [0.717, 1.165) is 6.07 Å². The van der Waals surface area contributed by atoms with Crippen molar-refractivity contribution >= 4 is 93.2 Å². The van der Waals surface area contributed by atoms with Crippen molar-refractivity contribution in [3.63, 3.8) is 0 Å². The molecule has 38 heavy (non-hydrogen) atoms. The minimum absolute atomic E-state index is 0.0280. The summed E-state index contributed by atoms with van der Waals surface area (Å²) in [5, 5.41) is 8.89. The zero-order valence-corrected chi connectivity index (χ0v) is 23.3. The molecule has 0 saturated heterocycles. The summed E-state index contributed by atoms with van der Waals surface area (Å²) in [5.41, 5.74) is 0.0534. The molecule has 0 aliphatic heterocycles. The van der Waals surface area contributed by atoms with Crippen LogP contribution in [0.1, 0.15) is 28.8 Å². The van der Waals surface area contributed by atoms with Gasteiger partial charge in [-0.05, 0) is 60.2 Å². The van der Waals surface area contributed by atoms with E-state index in [1.54, 1.807) is 24.3 Å². The second kappa shape index (κ2) is 10.9. The molecule has 0 heterocycles. The molecule has 198 valence electrons. The topological polar surface area (TPSA) is 87.3 Å². The number of nitrogens with one attached hydrogen (secondary N) is 3. The average Bonchev–Trinajstić information content (AvgIpc) is 3.33. The van der Waals surface area contributed by atoms with Crippen LogP contribution in [0.5, 0.6) is 0 Å². The molecule has 0 spiro atoms. The molecule has 0 bridgehead atoms. The predicted molar refractivity (Wildman–Crippen MR) is 151 cm³/mol. The van der Waals surface area contributed by atoms with E-state index in [-0.39, 0.29) is 34.4 Å². The largest absolute Gasteiger partial charge is 0.384 e. The van der Waals surface area contributed by atoms with Gasteiger partial charge in [-0.3, -0.25) is 9.59 Å². The van der Waals surface area contributed by atoms with Gasteiger partial charge in [-0.2, -0.15) is 0 Å². The molecule has 2 atom stereocenters. The lowest BCUT2D eigenvalue weighted by atomic mass is 10.00. The van der Waals surface area contributed by atoms with E-state index in [1.807, 2.05) is 0 Å². The lowest BCUT2D eigenvalue weighted by molar-refractivity contribution is -0.114. The highest BCUT2D eigenvalue weighted by atomic mass is 35.5.